The normalized spacial score (nSPS) is 14.3. The fraction of sp³-hybridized carbons (Fsp3) is 0.143. The lowest BCUT2D eigenvalue weighted by Gasteiger charge is -2.31. The highest BCUT2D eigenvalue weighted by molar-refractivity contribution is 6.34. The maximum Gasteiger partial charge on any atom is 0.113 e. The molecule has 0 saturated carbocycles. The Morgan fingerprint density at radius 1 is 0.733 bits per heavy atom. The minimum atomic E-state index is 0.798. The number of allylic oxidation sites excluding steroid dienone is 5. The molecule has 2 aliphatic rings. The van der Waals surface area contributed by atoms with Crippen LogP contribution in [0.25, 0.3) is 66.1 Å². The first kappa shape index (κ1) is 26.4. The number of benzene rings is 5. The second-order valence-corrected chi connectivity index (χ2v) is 12.7. The summed E-state index contributed by atoms with van der Waals surface area (Å²) in [6.45, 7) is 8.34. The molecular formula is C42H33BN2. The van der Waals surface area contributed by atoms with Crippen molar-refractivity contribution in [1.29, 1.82) is 0 Å². The zero-order valence-electron chi connectivity index (χ0n) is 25.8. The van der Waals surface area contributed by atoms with Crippen molar-refractivity contribution in [1.82, 2.24) is 9.13 Å². The standard InChI is InChI=1S/C42H33BN2/c1-4-9-29(10-5-2)44-38-20-16-28(43)24-34(38)36-23-27-15-14-26-22-35-33-21-25(3)13-19-37(33)45(30-11-7-6-8-12-30)41(35)31-17-18-32(42(36)44)40(27)39(26)31/h4-13,16,19-24H,1,14-15,17-18H2,2-3H3/b10-5-,29-9+. The zero-order valence-corrected chi connectivity index (χ0v) is 25.8. The predicted molar refractivity (Wildman–Crippen MR) is 193 cm³/mol. The summed E-state index contributed by atoms with van der Waals surface area (Å²) in [5, 5.41) is 5.25. The summed E-state index contributed by atoms with van der Waals surface area (Å²) in [7, 11) is 6.40. The Hall–Kier alpha value is -5.02. The van der Waals surface area contributed by atoms with Crippen LogP contribution in [0.4, 0.5) is 0 Å². The van der Waals surface area contributed by atoms with E-state index in [-0.39, 0.29) is 0 Å². The van der Waals surface area contributed by atoms with Crippen molar-refractivity contribution < 1.29 is 0 Å². The lowest BCUT2D eigenvalue weighted by molar-refractivity contribution is 0.884. The van der Waals surface area contributed by atoms with Gasteiger partial charge in [-0.05, 0) is 128 Å². The van der Waals surface area contributed by atoms with Crippen LogP contribution in [0, 0.1) is 6.92 Å². The van der Waals surface area contributed by atoms with Crippen LogP contribution in [-0.2, 0) is 25.7 Å². The van der Waals surface area contributed by atoms with Crippen molar-refractivity contribution in [2.24, 2.45) is 0 Å². The Morgan fingerprint density at radius 3 is 2.11 bits per heavy atom. The number of aromatic nitrogens is 2. The zero-order chi connectivity index (χ0) is 30.4. The summed E-state index contributed by atoms with van der Waals surface area (Å²) in [5.41, 5.74) is 18.4. The molecule has 0 saturated heterocycles. The molecule has 5 aromatic carbocycles. The van der Waals surface area contributed by atoms with E-state index in [1.807, 2.05) is 12.1 Å². The van der Waals surface area contributed by atoms with Crippen LogP contribution < -0.4 is 5.46 Å². The summed E-state index contributed by atoms with van der Waals surface area (Å²) in [4.78, 5) is 0. The molecule has 0 fully saturated rings. The van der Waals surface area contributed by atoms with E-state index in [2.05, 4.69) is 121 Å². The molecule has 0 N–H and O–H groups in total. The molecule has 2 aromatic heterocycles. The fourth-order valence-electron chi connectivity index (χ4n) is 8.40. The van der Waals surface area contributed by atoms with Gasteiger partial charge in [0.1, 0.15) is 7.85 Å². The molecule has 2 nitrogen and oxygen atoms in total. The summed E-state index contributed by atoms with van der Waals surface area (Å²) < 4.78 is 4.97. The molecule has 0 unspecified atom stereocenters. The highest BCUT2D eigenvalue weighted by atomic mass is 15.0. The van der Waals surface area contributed by atoms with E-state index in [4.69, 9.17) is 7.85 Å². The van der Waals surface area contributed by atoms with Crippen LogP contribution >= 0.6 is 0 Å². The summed E-state index contributed by atoms with van der Waals surface area (Å²) in [5.74, 6) is 0. The molecule has 0 aliphatic heterocycles. The van der Waals surface area contributed by atoms with E-state index in [0.29, 0.717) is 0 Å². The number of fused-ring (bicyclic) bond motifs is 8. The molecule has 9 rings (SSSR count). The van der Waals surface area contributed by atoms with Crippen LogP contribution in [0.15, 0.2) is 110 Å². The smallest absolute Gasteiger partial charge is 0.113 e. The topological polar surface area (TPSA) is 9.86 Å². The Kier molecular flexibility index (Phi) is 5.71. The van der Waals surface area contributed by atoms with Crippen molar-refractivity contribution in [2.75, 3.05) is 0 Å². The van der Waals surface area contributed by atoms with Gasteiger partial charge in [-0.3, -0.25) is 0 Å². The fourth-order valence-corrected chi connectivity index (χ4v) is 8.40. The first-order valence-corrected chi connectivity index (χ1v) is 16.1. The summed E-state index contributed by atoms with van der Waals surface area (Å²) >= 11 is 0. The van der Waals surface area contributed by atoms with Gasteiger partial charge >= 0.3 is 0 Å². The molecule has 214 valence electrons. The second kappa shape index (κ2) is 9.74. The van der Waals surface area contributed by atoms with Crippen molar-refractivity contribution in [3.05, 3.63) is 138 Å². The molecule has 45 heavy (non-hydrogen) atoms. The van der Waals surface area contributed by atoms with Gasteiger partial charge in [0.25, 0.3) is 0 Å². The third kappa shape index (κ3) is 3.64. The van der Waals surface area contributed by atoms with Gasteiger partial charge in [0.2, 0.25) is 0 Å². The molecule has 7 aromatic rings. The number of para-hydroxylation sites is 1. The van der Waals surface area contributed by atoms with E-state index in [9.17, 15) is 0 Å². The SMILES string of the molecule is [B]c1ccc2c(c1)c1cc3c4c(c1n2C(/C=C\C)=C/C=C)CCc1c-4c(cc2c4cc(C)ccc4n(-c4ccccc4)c12)CC3. The van der Waals surface area contributed by atoms with Gasteiger partial charge in [-0.1, -0.05) is 66.2 Å². The molecule has 2 radical (unpaired) electrons. The molecule has 0 amide bonds. The summed E-state index contributed by atoms with van der Waals surface area (Å²) in [6.07, 6.45) is 12.4. The van der Waals surface area contributed by atoms with E-state index in [1.165, 1.54) is 88.2 Å². The van der Waals surface area contributed by atoms with Gasteiger partial charge in [-0.15, -0.1) is 0 Å². The van der Waals surface area contributed by atoms with E-state index < -0.39 is 0 Å². The highest BCUT2D eigenvalue weighted by Crippen LogP contribution is 2.51. The first-order valence-electron chi connectivity index (χ1n) is 16.1. The molecule has 0 bridgehead atoms. The van der Waals surface area contributed by atoms with Crippen molar-refractivity contribution in [3.63, 3.8) is 0 Å². The number of hydrogen-bond donors (Lipinski definition) is 0. The van der Waals surface area contributed by atoms with Crippen molar-refractivity contribution in [2.45, 2.75) is 39.5 Å². The van der Waals surface area contributed by atoms with Crippen LogP contribution in [0.5, 0.6) is 0 Å². The van der Waals surface area contributed by atoms with Crippen LogP contribution in [0.3, 0.4) is 0 Å². The van der Waals surface area contributed by atoms with E-state index in [1.54, 1.807) is 0 Å². The molecule has 0 atom stereocenters. The van der Waals surface area contributed by atoms with Gasteiger partial charge in [0.05, 0.1) is 22.1 Å². The van der Waals surface area contributed by atoms with Crippen LogP contribution in [-0.4, -0.2) is 17.0 Å². The predicted octanol–water partition coefficient (Wildman–Crippen LogP) is 9.46. The number of rotatable bonds is 4. The van der Waals surface area contributed by atoms with Crippen molar-refractivity contribution in [3.8, 4) is 16.8 Å². The molecular weight excluding hydrogens is 543 g/mol. The quantitative estimate of drug-likeness (QED) is 0.146. The van der Waals surface area contributed by atoms with E-state index >= 15 is 0 Å². The Balaban J connectivity index is 1.44. The van der Waals surface area contributed by atoms with Crippen molar-refractivity contribution >= 4 is 62.6 Å². The maximum atomic E-state index is 6.40. The second-order valence-electron chi connectivity index (χ2n) is 12.7. The van der Waals surface area contributed by atoms with Gasteiger partial charge in [0, 0.05) is 32.9 Å². The largest absolute Gasteiger partial charge is 0.309 e. The Bertz CT molecular complexity index is 2460. The van der Waals surface area contributed by atoms with Gasteiger partial charge in [-0.2, -0.15) is 0 Å². The minimum Gasteiger partial charge on any atom is -0.309 e. The van der Waals surface area contributed by atoms with Gasteiger partial charge < -0.3 is 9.13 Å². The number of nitrogens with zero attached hydrogens (tertiary/aromatic N) is 2. The Labute approximate surface area is 265 Å². The maximum absolute atomic E-state index is 6.40. The van der Waals surface area contributed by atoms with Crippen LogP contribution in [0.2, 0.25) is 0 Å². The third-order valence-corrected chi connectivity index (χ3v) is 10.1. The highest BCUT2D eigenvalue weighted by Gasteiger charge is 2.32. The number of aryl methyl sites for hydroxylation is 5. The van der Waals surface area contributed by atoms with Crippen LogP contribution in [0.1, 0.15) is 34.7 Å². The third-order valence-electron chi connectivity index (χ3n) is 10.1. The average Bonchev–Trinajstić information content (AvgIpc) is 3.55. The van der Waals surface area contributed by atoms with Gasteiger partial charge in [-0.25, -0.2) is 0 Å². The summed E-state index contributed by atoms with van der Waals surface area (Å²) in [6, 6.07) is 29.2. The number of hydrogen-bond acceptors (Lipinski definition) is 0. The average molecular weight is 577 g/mol. The first-order chi connectivity index (χ1) is 22.1. The molecule has 2 aliphatic carbocycles. The Morgan fingerprint density at radius 2 is 1.40 bits per heavy atom. The molecule has 0 spiro atoms. The monoisotopic (exact) mass is 576 g/mol. The molecule has 2 heterocycles. The minimum absolute atomic E-state index is 0.798. The van der Waals surface area contributed by atoms with E-state index in [0.717, 1.165) is 36.8 Å². The lowest BCUT2D eigenvalue weighted by atomic mass is 9.74. The lowest BCUT2D eigenvalue weighted by Crippen LogP contribution is -2.16. The van der Waals surface area contributed by atoms with Gasteiger partial charge in [0.15, 0.2) is 0 Å². The molecule has 3 heteroatoms.